The van der Waals surface area contributed by atoms with E-state index < -0.39 is 6.08 Å². The van der Waals surface area contributed by atoms with Crippen molar-refractivity contribution in [3.8, 4) is 0 Å². The Morgan fingerprint density at radius 1 is 1.57 bits per heavy atom. The molecule has 4 N–H and O–H groups in total. The van der Waals surface area contributed by atoms with Crippen molar-refractivity contribution in [2.45, 2.75) is 12.5 Å². The first-order valence-electron chi connectivity index (χ1n) is 4.40. The standard InChI is InChI=1S/C9H11ClN2O2/c10-7-3-1-6(2-4-7)8(13)5-9(11)12-14/h1-4,8,13-14H,5H2,(H2,11,12)/i8D. The van der Waals surface area contributed by atoms with Crippen LogP contribution < -0.4 is 5.73 Å². The average Bonchev–Trinajstić information content (AvgIpc) is 2.17. The van der Waals surface area contributed by atoms with Gasteiger partial charge in [0.05, 0.1) is 7.45 Å². The van der Waals surface area contributed by atoms with Gasteiger partial charge in [0.25, 0.3) is 0 Å². The lowest BCUT2D eigenvalue weighted by Crippen LogP contribution is -2.15. The van der Waals surface area contributed by atoms with Crippen LogP contribution in [0, 0.1) is 0 Å². The molecule has 5 heteroatoms. The summed E-state index contributed by atoms with van der Waals surface area (Å²) in [7, 11) is 0. The highest BCUT2D eigenvalue weighted by atomic mass is 35.5. The van der Waals surface area contributed by atoms with Crippen molar-refractivity contribution in [3.05, 3.63) is 34.9 Å². The second kappa shape index (κ2) is 4.83. The van der Waals surface area contributed by atoms with Crippen LogP contribution in [0.1, 0.15) is 19.4 Å². The van der Waals surface area contributed by atoms with Gasteiger partial charge in [0.2, 0.25) is 0 Å². The fourth-order valence-electron chi connectivity index (χ4n) is 0.951. The fraction of sp³-hybridized carbons (Fsp3) is 0.222. The molecule has 0 spiro atoms. The Morgan fingerprint density at radius 3 is 2.64 bits per heavy atom. The predicted molar refractivity (Wildman–Crippen MR) is 54.4 cm³/mol. The van der Waals surface area contributed by atoms with Crippen LogP contribution in [-0.4, -0.2) is 16.1 Å². The lowest BCUT2D eigenvalue weighted by molar-refractivity contribution is 0.184. The van der Waals surface area contributed by atoms with Crippen molar-refractivity contribution in [1.82, 2.24) is 0 Å². The Hall–Kier alpha value is -1.26. The molecule has 0 saturated carbocycles. The zero-order valence-electron chi connectivity index (χ0n) is 8.31. The summed E-state index contributed by atoms with van der Waals surface area (Å²) < 4.78 is 7.61. The number of aliphatic hydroxyl groups is 1. The summed E-state index contributed by atoms with van der Waals surface area (Å²) in [5.74, 6) is -0.206. The summed E-state index contributed by atoms with van der Waals surface area (Å²) in [6.45, 7) is 0. The summed E-state index contributed by atoms with van der Waals surface area (Å²) in [4.78, 5) is 0. The zero-order chi connectivity index (χ0) is 11.5. The van der Waals surface area contributed by atoms with Gasteiger partial charge in [-0.2, -0.15) is 0 Å². The highest BCUT2D eigenvalue weighted by Crippen LogP contribution is 2.18. The first-order chi connectivity index (χ1) is 6.95. The van der Waals surface area contributed by atoms with Gasteiger partial charge in [0.15, 0.2) is 0 Å². The molecule has 0 radical (unpaired) electrons. The van der Waals surface area contributed by atoms with E-state index in [4.69, 9.17) is 23.9 Å². The van der Waals surface area contributed by atoms with Gasteiger partial charge in [0, 0.05) is 11.4 Å². The van der Waals surface area contributed by atoms with Crippen molar-refractivity contribution in [2.24, 2.45) is 10.9 Å². The number of hydrogen-bond acceptors (Lipinski definition) is 3. The molecule has 0 bridgehead atoms. The van der Waals surface area contributed by atoms with E-state index in [-0.39, 0.29) is 12.3 Å². The van der Waals surface area contributed by atoms with Gasteiger partial charge in [-0.15, -0.1) is 0 Å². The van der Waals surface area contributed by atoms with Crippen molar-refractivity contribution in [3.63, 3.8) is 0 Å². The van der Waals surface area contributed by atoms with Crippen LogP contribution >= 0.6 is 11.6 Å². The van der Waals surface area contributed by atoms with E-state index in [0.29, 0.717) is 10.6 Å². The monoisotopic (exact) mass is 215 g/mol. The first-order valence-corrected chi connectivity index (χ1v) is 4.28. The molecule has 1 rings (SSSR count). The number of rotatable bonds is 3. The van der Waals surface area contributed by atoms with Crippen LogP contribution in [0.4, 0.5) is 0 Å². The molecule has 0 aliphatic rings. The van der Waals surface area contributed by atoms with Crippen molar-refractivity contribution < 1.29 is 11.7 Å². The Balaban J connectivity index is 2.90. The van der Waals surface area contributed by atoms with E-state index in [1.54, 1.807) is 12.1 Å². The second-order valence-corrected chi connectivity index (χ2v) is 3.16. The van der Waals surface area contributed by atoms with Gasteiger partial charge in [-0.3, -0.25) is 0 Å². The Kier molecular flexibility index (Phi) is 3.21. The lowest BCUT2D eigenvalue weighted by atomic mass is 10.1. The maximum atomic E-state index is 9.73. The molecule has 0 amide bonds. The molecule has 14 heavy (non-hydrogen) atoms. The molecular weight excluding hydrogens is 204 g/mol. The van der Waals surface area contributed by atoms with Gasteiger partial charge >= 0.3 is 0 Å². The number of oxime groups is 1. The van der Waals surface area contributed by atoms with E-state index in [0.717, 1.165) is 0 Å². The third-order valence-corrected chi connectivity index (χ3v) is 1.91. The van der Waals surface area contributed by atoms with Crippen molar-refractivity contribution >= 4 is 17.4 Å². The van der Waals surface area contributed by atoms with Crippen molar-refractivity contribution in [1.29, 1.82) is 0 Å². The van der Waals surface area contributed by atoms with Crippen LogP contribution in [0.2, 0.25) is 5.02 Å². The molecule has 0 aromatic heterocycles. The minimum absolute atomic E-state index is 0.206. The quantitative estimate of drug-likeness (QED) is 0.310. The molecule has 4 nitrogen and oxygen atoms in total. The highest BCUT2D eigenvalue weighted by molar-refractivity contribution is 6.30. The van der Waals surface area contributed by atoms with Gasteiger partial charge in [-0.1, -0.05) is 28.9 Å². The molecule has 0 fully saturated rings. The maximum Gasteiger partial charge on any atom is 0.142 e. The molecule has 1 unspecified atom stereocenters. The van der Waals surface area contributed by atoms with Gasteiger partial charge in [-0.25, -0.2) is 0 Å². The maximum absolute atomic E-state index is 9.73. The summed E-state index contributed by atoms with van der Waals surface area (Å²) in [5.41, 5.74) is 5.55. The summed E-state index contributed by atoms with van der Waals surface area (Å²) >= 11 is 5.66. The topological polar surface area (TPSA) is 78.8 Å². The van der Waals surface area contributed by atoms with E-state index in [1.165, 1.54) is 12.1 Å². The normalized spacial score (nSPS) is 17.3. The van der Waals surface area contributed by atoms with Crippen LogP contribution in [0.15, 0.2) is 29.4 Å². The molecule has 76 valence electrons. The summed E-state index contributed by atoms with van der Waals surface area (Å²) in [6, 6.07) is 6.14. The highest BCUT2D eigenvalue weighted by Gasteiger charge is 2.09. The van der Waals surface area contributed by atoms with Crippen LogP contribution in [0.5, 0.6) is 0 Å². The molecule has 0 heterocycles. The predicted octanol–water partition coefficient (Wildman–Crippen LogP) is 1.51. The largest absolute Gasteiger partial charge is 0.409 e. The second-order valence-electron chi connectivity index (χ2n) is 2.72. The number of nitrogens with two attached hydrogens (primary N) is 1. The minimum Gasteiger partial charge on any atom is -0.409 e. The van der Waals surface area contributed by atoms with Gasteiger partial charge < -0.3 is 16.0 Å². The Bertz CT molecular complexity index is 365. The van der Waals surface area contributed by atoms with Crippen LogP contribution in [0.3, 0.4) is 0 Å². The molecule has 0 saturated heterocycles. The molecule has 1 atom stereocenters. The molecule has 1 aromatic carbocycles. The minimum atomic E-state index is -1.92. The molecular formula is C9H11ClN2O2. The lowest BCUT2D eigenvalue weighted by Gasteiger charge is -2.09. The van der Waals surface area contributed by atoms with E-state index >= 15 is 0 Å². The van der Waals surface area contributed by atoms with E-state index in [9.17, 15) is 5.11 Å². The first kappa shape index (κ1) is 9.30. The number of halogens is 1. The van der Waals surface area contributed by atoms with E-state index in [1.807, 2.05) is 0 Å². The Labute approximate surface area is 88.0 Å². The fourth-order valence-corrected chi connectivity index (χ4v) is 1.08. The van der Waals surface area contributed by atoms with Gasteiger partial charge in [-0.05, 0) is 17.7 Å². The molecule has 0 aliphatic carbocycles. The molecule has 1 aromatic rings. The number of hydrogen-bond donors (Lipinski definition) is 3. The SMILES string of the molecule is [2H]C(O)(CC(N)=NO)c1ccc(Cl)cc1. The third kappa shape index (κ3) is 2.90. The van der Waals surface area contributed by atoms with E-state index in [2.05, 4.69) is 5.16 Å². The van der Waals surface area contributed by atoms with Gasteiger partial charge in [0.1, 0.15) is 5.84 Å². The molecule has 0 aliphatic heterocycles. The average molecular weight is 216 g/mol. The van der Waals surface area contributed by atoms with Crippen LogP contribution in [-0.2, 0) is 0 Å². The number of benzene rings is 1. The zero-order valence-corrected chi connectivity index (χ0v) is 8.07. The Morgan fingerprint density at radius 2 is 2.14 bits per heavy atom. The number of amidine groups is 1. The number of nitrogens with zero attached hydrogens (tertiary/aromatic N) is 1. The third-order valence-electron chi connectivity index (χ3n) is 1.65. The smallest absolute Gasteiger partial charge is 0.142 e. The van der Waals surface area contributed by atoms with Crippen molar-refractivity contribution in [2.75, 3.05) is 0 Å². The van der Waals surface area contributed by atoms with Crippen LogP contribution in [0.25, 0.3) is 0 Å². The summed E-state index contributed by atoms with van der Waals surface area (Å²) in [5, 5.41) is 21.3. The summed E-state index contributed by atoms with van der Waals surface area (Å²) in [6.07, 6.45) is -2.19.